The van der Waals surface area contributed by atoms with Gasteiger partial charge in [0.05, 0.1) is 5.56 Å². The maximum Gasteiger partial charge on any atom is 0.416 e. The van der Waals surface area contributed by atoms with E-state index < -0.39 is 23.5 Å². The summed E-state index contributed by atoms with van der Waals surface area (Å²) in [5.41, 5.74) is 0.367. The Kier molecular flexibility index (Phi) is 4.49. The van der Waals surface area contributed by atoms with E-state index in [4.69, 9.17) is 0 Å². The minimum atomic E-state index is -4.39. The van der Waals surface area contributed by atoms with E-state index in [2.05, 4.69) is 5.32 Å². The summed E-state index contributed by atoms with van der Waals surface area (Å²) in [6, 6.07) is 8.58. The third kappa shape index (κ3) is 3.84. The monoisotopic (exact) mass is 311 g/mol. The van der Waals surface area contributed by atoms with Crippen molar-refractivity contribution in [2.45, 2.75) is 19.6 Å². The van der Waals surface area contributed by atoms with Crippen molar-refractivity contribution in [3.05, 3.63) is 70.5 Å². The molecule has 0 spiro atoms. The Bertz CT molecular complexity index is 678. The van der Waals surface area contributed by atoms with Crippen molar-refractivity contribution in [3.8, 4) is 0 Å². The quantitative estimate of drug-likeness (QED) is 0.850. The first-order valence-corrected chi connectivity index (χ1v) is 6.48. The number of aryl methyl sites for hydroxylation is 1. The summed E-state index contributed by atoms with van der Waals surface area (Å²) in [4.78, 5) is 11.8. The van der Waals surface area contributed by atoms with Crippen molar-refractivity contribution in [1.82, 2.24) is 5.32 Å². The first-order valence-electron chi connectivity index (χ1n) is 6.48. The average molecular weight is 311 g/mol. The molecule has 0 atom stereocenters. The number of carbonyl (C=O) groups excluding carboxylic acids is 1. The van der Waals surface area contributed by atoms with Crippen LogP contribution in [0, 0.1) is 12.7 Å². The Balaban J connectivity index is 2.00. The number of carbonyl (C=O) groups is 1. The van der Waals surface area contributed by atoms with E-state index in [1.54, 1.807) is 6.92 Å². The van der Waals surface area contributed by atoms with E-state index in [-0.39, 0.29) is 12.1 Å². The SMILES string of the molecule is Cc1ccc(C(=O)NCc2ccc(C(F)(F)F)cc2)cc1F. The van der Waals surface area contributed by atoms with Crippen LogP contribution in [-0.4, -0.2) is 5.91 Å². The molecule has 6 heteroatoms. The van der Waals surface area contributed by atoms with Gasteiger partial charge in [0, 0.05) is 12.1 Å². The molecular weight excluding hydrogens is 298 g/mol. The molecule has 116 valence electrons. The van der Waals surface area contributed by atoms with Crippen molar-refractivity contribution >= 4 is 5.91 Å². The highest BCUT2D eigenvalue weighted by atomic mass is 19.4. The number of alkyl halides is 3. The van der Waals surface area contributed by atoms with Crippen molar-refractivity contribution in [2.75, 3.05) is 0 Å². The van der Waals surface area contributed by atoms with Crippen LogP contribution in [0.2, 0.25) is 0 Å². The van der Waals surface area contributed by atoms with Crippen LogP contribution in [0.5, 0.6) is 0 Å². The van der Waals surface area contributed by atoms with Crippen LogP contribution in [0.25, 0.3) is 0 Å². The molecule has 2 nitrogen and oxygen atoms in total. The van der Waals surface area contributed by atoms with Gasteiger partial charge in [0.2, 0.25) is 0 Å². The second-order valence-corrected chi connectivity index (χ2v) is 4.84. The maximum atomic E-state index is 13.4. The van der Waals surface area contributed by atoms with E-state index in [0.717, 1.165) is 18.2 Å². The molecule has 1 N–H and O–H groups in total. The third-order valence-corrected chi connectivity index (χ3v) is 3.17. The fourth-order valence-electron chi connectivity index (χ4n) is 1.83. The summed E-state index contributed by atoms with van der Waals surface area (Å²) < 4.78 is 50.6. The van der Waals surface area contributed by atoms with Gasteiger partial charge in [0.25, 0.3) is 5.91 Å². The number of hydrogen-bond donors (Lipinski definition) is 1. The van der Waals surface area contributed by atoms with Gasteiger partial charge >= 0.3 is 6.18 Å². The molecule has 0 heterocycles. The smallest absolute Gasteiger partial charge is 0.348 e. The van der Waals surface area contributed by atoms with E-state index >= 15 is 0 Å². The van der Waals surface area contributed by atoms with Gasteiger partial charge in [-0.1, -0.05) is 18.2 Å². The zero-order chi connectivity index (χ0) is 16.3. The van der Waals surface area contributed by atoms with Crippen LogP contribution in [-0.2, 0) is 12.7 Å². The summed E-state index contributed by atoms with van der Waals surface area (Å²) in [5, 5.41) is 2.53. The summed E-state index contributed by atoms with van der Waals surface area (Å²) >= 11 is 0. The van der Waals surface area contributed by atoms with Crippen LogP contribution in [0.3, 0.4) is 0 Å². The summed E-state index contributed by atoms with van der Waals surface area (Å²) in [5.74, 6) is -0.971. The lowest BCUT2D eigenvalue weighted by Crippen LogP contribution is -2.23. The second-order valence-electron chi connectivity index (χ2n) is 4.84. The fraction of sp³-hybridized carbons (Fsp3) is 0.188. The van der Waals surface area contributed by atoms with Crippen LogP contribution < -0.4 is 5.32 Å². The molecule has 2 rings (SSSR count). The van der Waals surface area contributed by atoms with Crippen LogP contribution in [0.15, 0.2) is 42.5 Å². The predicted molar refractivity (Wildman–Crippen MR) is 73.8 cm³/mol. The Morgan fingerprint density at radius 1 is 1.09 bits per heavy atom. The number of hydrogen-bond acceptors (Lipinski definition) is 1. The van der Waals surface area contributed by atoms with Crippen molar-refractivity contribution in [3.63, 3.8) is 0 Å². The van der Waals surface area contributed by atoms with Crippen molar-refractivity contribution in [2.24, 2.45) is 0 Å². The second kappa shape index (κ2) is 6.17. The molecule has 22 heavy (non-hydrogen) atoms. The molecular formula is C16H13F4NO. The minimum Gasteiger partial charge on any atom is -0.348 e. The van der Waals surface area contributed by atoms with Gasteiger partial charge in [-0.15, -0.1) is 0 Å². The summed E-state index contributed by atoms with van der Waals surface area (Å²) in [7, 11) is 0. The summed E-state index contributed by atoms with van der Waals surface area (Å²) in [6.07, 6.45) is -4.39. The molecule has 0 saturated heterocycles. The first kappa shape index (κ1) is 16.0. The maximum absolute atomic E-state index is 13.4. The molecule has 0 aliphatic carbocycles. The molecule has 2 aromatic rings. The van der Waals surface area contributed by atoms with E-state index in [1.165, 1.54) is 24.3 Å². The molecule has 0 unspecified atom stereocenters. The molecule has 0 bridgehead atoms. The highest BCUT2D eigenvalue weighted by Crippen LogP contribution is 2.29. The number of nitrogens with one attached hydrogen (secondary N) is 1. The Labute approximate surface area is 124 Å². The van der Waals surface area contributed by atoms with Crippen molar-refractivity contribution < 1.29 is 22.4 Å². The van der Waals surface area contributed by atoms with Crippen molar-refractivity contribution in [1.29, 1.82) is 0 Å². The molecule has 2 aromatic carbocycles. The van der Waals surface area contributed by atoms with Gasteiger partial charge in [-0.25, -0.2) is 4.39 Å². The zero-order valence-electron chi connectivity index (χ0n) is 11.7. The van der Waals surface area contributed by atoms with Gasteiger partial charge < -0.3 is 5.32 Å². The number of rotatable bonds is 3. The molecule has 1 amide bonds. The van der Waals surface area contributed by atoms with Gasteiger partial charge in [-0.3, -0.25) is 4.79 Å². The Hall–Kier alpha value is -2.37. The number of benzene rings is 2. The minimum absolute atomic E-state index is 0.0620. The summed E-state index contributed by atoms with van der Waals surface area (Å²) in [6.45, 7) is 1.64. The normalized spacial score (nSPS) is 11.3. The van der Waals surface area contributed by atoms with Gasteiger partial charge in [0.1, 0.15) is 5.82 Å². The van der Waals surface area contributed by atoms with E-state index in [0.29, 0.717) is 11.1 Å². The third-order valence-electron chi connectivity index (χ3n) is 3.17. The van der Waals surface area contributed by atoms with E-state index in [9.17, 15) is 22.4 Å². The first-order chi connectivity index (χ1) is 10.3. The van der Waals surface area contributed by atoms with E-state index in [1.807, 2.05) is 0 Å². The lowest BCUT2D eigenvalue weighted by molar-refractivity contribution is -0.137. The van der Waals surface area contributed by atoms with Gasteiger partial charge in [-0.05, 0) is 42.3 Å². The Morgan fingerprint density at radius 3 is 2.27 bits per heavy atom. The van der Waals surface area contributed by atoms with Gasteiger partial charge in [-0.2, -0.15) is 13.2 Å². The van der Waals surface area contributed by atoms with Crippen LogP contribution >= 0.6 is 0 Å². The Morgan fingerprint density at radius 2 is 1.73 bits per heavy atom. The molecule has 0 aliphatic rings. The lowest BCUT2D eigenvalue weighted by Gasteiger charge is -2.09. The predicted octanol–water partition coefficient (Wildman–Crippen LogP) is 4.08. The highest BCUT2D eigenvalue weighted by molar-refractivity contribution is 5.94. The van der Waals surface area contributed by atoms with Crippen LogP contribution in [0.1, 0.15) is 27.0 Å². The molecule has 0 aliphatic heterocycles. The standard InChI is InChI=1S/C16H13F4NO/c1-10-2-5-12(8-14(10)17)15(22)21-9-11-3-6-13(7-4-11)16(18,19)20/h2-8H,9H2,1H3,(H,21,22). The fourth-order valence-corrected chi connectivity index (χ4v) is 1.83. The average Bonchev–Trinajstić information content (AvgIpc) is 2.47. The lowest BCUT2D eigenvalue weighted by atomic mass is 10.1. The molecule has 0 radical (unpaired) electrons. The topological polar surface area (TPSA) is 29.1 Å². The highest BCUT2D eigenvalue weighted by Gasteiger charge is 2.29. The number of amides is 1. The molecule has 0 saturated carbocycles. The van der Waals surface area contributed by atoms with Gasteiger partial charge in [0.15, 0.2) is 0 Å². The molecule has 0 fully saturated rings. The zero-order valence-corrected chi connectivity index (χ0v) is 11.7. The molecule has 0 aromatic heterocycles. The number of halogens is 4. The largest absolute Gasteiger partial charge is 0.416 e. The van der Waals surface area contributed by atoms with Crippen LogP contribution in [0.4, 0.5) is 17.6 Å².